The van der Waals surface area contributed by atoms with Crippen LogP contribution in [0.2, 0.25) is 0 Å². The summed E-state index contributed by atoms with van der Waals surface area (Å²) in [4.78, 5) is 26.4. The van der Waals surface area contributed by atoms with Gasteiger partial charge < -0.3 is 9.64 Å². The van der Waals surface area contributed by atoms with E-state index in [0.717, 1.165) is 11.3 Å². The van der Waals surface area contributed by atoms with Crippen LogP contribution in [0, 0.1) is 11.7 Å². The second kappa shape index (κ2) is 9.12. The van der Waals surface area contributed by atoms with Gasteiger partial charge in [0.05, 0.1) is 13.3 Å². The van der Waals surface area contributed by atoms with E-state index in [2.05, 4.69) is 10.5 Å². The minimum absolute atomic E-state index is 0.142. The van der Waals surface area contributed by atoms with E-state index in [1.54, 1.807) is 18.2 Å². The molecule has 28 heavy (non-hydrogen) atoms. The Labute approximate surface area is 163 Å². The third kappa shape index (κ3) is 4.94. The molecule has 0 spiro atoms. The van der Waals surface area contributed by atoms with Crippen LogP contribution in [0.5, 0.6) is 5.75 Å². The molecule has 1 aliphatic rings. The van der Waals surface area contributed by atoms with Crippen LogP contribution in [-0.4, -0.2) is 43.1 Å². The van der Waals surface area contributed by atoms with E-state index in [9.17, 15) is 14.0 Å². The predicted octanol–water partition coefficient (Wildman–Crippen LogP) is 2.84. The van der Waals surface area contributed by atoms with Crippen LogP contribution in [0.4, 0.5) is 4.39 Å². The van der Waals surface area contributed by atoms with Gasteiger partial charge in [0, 0.05) is 24.6 Å². The second-order valence-corrected chi connectivity index (χ2v) is 6.58. The van der Waals surface area contributed by atoms with Crippen molar-refractivity contribution in [2.45, 2.75) is 12.8 Å². The first kappa shape index (κ1) is 19.5. The van der Waals surface area contributed by atoms with Crippen LogP contribution in [-0.2, 0) is 4.79 Å². The minimum Gasteiger partial charge on any atom is -0.497 e. The number of piperidine rings is 1. The van der Waals surface area contributed by atoms with Crippen LogP contribution in [0.1, 0.15) is 28.8 Å². The fraction of sp³-hybridized carbons (Fsp3) is 0.286. The van der Waals surface area contributed by atoms with Crippen molar-refractivity contribution < 1.29 is 18.7 Å². The van der Waals surface area contributed by atoms with E-state index in [1.807, 2.05) is 24.3 Å². The molecule has 0 aliphatic carbocycles. The highest BCUT2D eigenvalue weighted by molar-refractivity contribution is 5.94. The van der Waals surface area contributed by atoms with E-state index < -0.39 is 0 Å². The topological polar surface area (TPSA) is 71.0 Å². The molecule has 0 bridgehead atoms. The highest BCUT2D eigenvalue weighted by atomic mass is 19.1. The summed E-state index contributed by atoms with van der Waals surface area (Å²) in [6.45, 7) is 0.965. The Morgan fingerprint density at radius 2 is 1.75 bits per heavy atom. The van der Waals surface area contributed by atoms with Crippen LogP contribution < -0.4 is 10.2 Å². The van der Waals surface area contributed by atoms with Gasteiger partial charge in [0.1, 0.15) is 11.6 Å². The van der Waals surface area contributed by atoms with Gasteiger partial charge in [-0.2, -0.15) is 5.10 Å². The molecule has 1 N–H and O–H groups in total. The summed E-state index contributed by atoms with van der Waals surface area (Å²) in [6, 6.07) is 12.8. The fourth-order valence-corrected chi connectivity index (χ4v) is 3.07. The molecule has 2 aromatic rings. The summed E-state index contributed by atoms with van der Waals surface area (Å²) in [6.07, 6.45) is 2.71. The normalized spacial score (nSPS) is 14.9. The van der Waals surface area contributed by atoms with Crippen LogP contribution in [0.3, 0.4) is 0 Å². The number of nitrogens with zero attached hydrogens (tertiary/aromatic N) is 2. The highest BCUT2D eigenvalue weighted by Gasteiger charge is 2.27. The van der Waals surface area contributed by atoms with Gasteiger partial charge in [0.2, 0.25) is 5.91 Å². The zero-order chi connectivity index (χ0) is 19.9. The van der Waals surface area contributed by atoms with Gasteiger partial charge in [-0.05, 0) is 66.9 Å². The molecular weight excluding hydrogens is 361 g/mol. The van der Waals surface area contributed by atoms with Gasteiger partial charge in [-0.25, -0.2) is 9.82 Å². The van der Waals surface area contributed by atoms with Crippen LogP contribution in [0.15, 0.2) is 53.6 Å². The molecule has 0 saturated carbocycles. The molecule has 2 amide bonds. The van der Waals surface area contributed by atoms with Crippen molar-refractivity contribution in [1.29, 1.82) is 0 Å². The largest absolute Gasteiger partial charge is 0.497 e. The molecule has 2 aromatic carbocycles. The Kier molecular flexibility index (Phi) is 6.37. The number of rotatable bonds is 5. The van der Waals surface area contributed by atoms with Gasteiger partial charge in [0.25, 0.3) is 5.91 Å². The number of hydrogen-bond acceptors (Lipinski definition) is 4. The first-order valence-electron chi connectivity index (χ1n) is 9.08. The van der Waals surface area contributed by atoms with E-state index >= 15 is 0 Å². The van der Waals surface area contributed by atoms with Gasteiger partial charge in [-0.3, -0.25) is 9.59 Å². The van der Waals surface area contributed by atoms with Crippen molar-refractivity contribution in [1.82, 2.24) is 10.3 Å². The van der Waals surface area contributed by atoms with Crippen molar-refractivity contribution in [3.63, 3.8) is 0 Å². The molecule has 7 heteroatoms. The smallest absolute Gasteiger partial charge is 0.253 e. The summed E-state index contributed by atoms with van der Waals surface area (Å²) in [7, 11) is 1.60. The Morgan fingerprint density at radius 3 is 2.36 bits per heavy atom. The number of carbonyl (C=O) groups excluding carboxylic acids is 2. The second-order valence-electron chi connectivity index (χ2n) is 6.58. The average molecular weight is 383 g/mol. The molecule has 3 rings (SSSR count). The molecule has 0 atom stereocenters. The minimum atomic E-state index is -0.373. The molecule has 6 nitrogen and oxygen atoms in total. The number of methoxy groups -OCH3 is 1. The van der Waals surface area contributed by atoms with Gasteiger partial charge in [-0.1, -0.05) is 0 Å². The molecular formula is C21H22FN3O3. The van der Waals surface area contributed by atoms with Crippen molar-refractivity contribution in [2.75, 3.05) is 20.2 Å². The summed E-state index contributed by atoms with van der Waals surface area (Å²) in [5, 5.41) is 4.00. The summed E-state index contributed by atoms with van der Waals surface area (Å²) >= 11 is 0. The molecule has 1 aliphatic heterocycles. The summed E-state index contributed by atoms with van der Waals surface area (Å²) in [5.74, 6) is -0.106. The van der Waals surface area contributed by atoms with Crippen LogP contribution >= 0.6 is 0 Å². The fourth-order valence-electron chi connectivity index (χ4n) is 3.07. The highest BCUT2D eigenvalue weighted by Crippen LogP contribution is 2.19. The third-order valence-corrected chi connectivity index (χ3v) is 4.75. The van der Waals surface area contributed by atoms with E-state index in [4.69, 9.17) is 4.74 Å². The lowest BCUT2D eigenvalue weighted by atomic mass is 9.95. The van der Waals surface area contributed by atoms with Gasteiger partial charge >= 0.3 is 0 Å². The predicted molar refractivity (Wildman–Crippen MR) is 104 cm³/mol. The number of nitrogens with one attached hydrogen (secondary N) is 1. The lowest BCUT2D eigenvalue weighted by molar-refractivity contribution is -0.126. The first-order chi connectivity index (χ1) is 13.6. The number of halogens is 1. The Hall–Kier alpha value is -3.22. The lowest BCUT2D eigenvalue weighted by Gasteiger charge is -2.31. The van der Waals surface area contributed by atoms with Crippen LogP contribution in [0.25, 0.3) is 0 Å². The molecule has 0 aromatic heterocycles. The van der Waals surface area contributed by atoms with E-state index in [0.29, 0.717) is 31.5 Å². The number of amides is 2. The van der Waals surface area contributed by atoms with Crippen molar-refractivity contribution in [3.05, 3.63) is 65.5 Å². The van der Waals surface area contributed by atoms with E-state index in [1.165, 1.54) is 24.3 Å². The molecule has 1 heterocycles. The SMILES string of the molecule is COc1ccc(/C=N\NC(=O)C2CCN(C(=O)c3ccc(F)cc3)CC2)cc1. The number of carbonyl (C=O) groups is 2. The monoisotopic (exact) mass is 383 g/mol. The zero-order valence-electron chi connectivity index (χ0n) is 15.6. The van der Waals surface area contributed by atoms with E-state index in [-0.39, 0.29) is 23.5 Å². The molecule has 146 valence electrons. The Balaban J connectivity index is 1.47. The first-order valence-corrected chi connectivity index (χ1v) is 9.08. The van der Waals surface area contributed by atoms with Crippen molar-refractivity contribution in [3.8, 4) is 5.75 Å². The number of ether oxygens (including phenoxy) is 1. The standard InChI is InChI=1S/C21H22FN3O3/c1-28-19-8-2-15(3-9-19)14-23-24-20(26)16-10-12-25(13-11-16)21(27)17-4-6-18(22)7-5-17/h2-9,14,16H,10-13H2,1H3,(H,24,26)/b23-14-. The molecule has 0 unspecified atom stereocenters. The average Bonchev–Trinajstić information content (AvgIpc) is 2.74. The maximum Gasteiger partial charge on any atom is 0.253 e. The lowest BCUT2D eigenvalue weighted by Crippen LogP contribution is -2.42. The maximum absolute atomic E-state index is 13.0. The molecule has 0 radical (unpaired) electrons. The Morgan fingerprint density at radius 1 is 1.11 bits per heavy atom. The molecule has 1 fully saturated rings. The number of likely N-dealkylation sites (tertiary alicyclic amines) is 1. The maximum atomic E-state index is 13.0. The van der Waals surface area contributed by atoms with Gasteiger partial charge in [-0.15, -0.1) is 0 Å². The third-order valence-electron chi connectivity index (χ3n) is 4.75. The quantitative estimate of drug-likeness (QED) is 0.638. The van der Waals surface area contributed by atoms with Crippen molar-refractivity contribution in [2.24, 2.45) is 11.0 Å². The summed E-state index contributed by atoms with van der Waals surface area (Å²) in [5.41, 5.74) is 3.87. The molecule has 1 saturated heterocycles. The number of hydrazone groups is 1. The Bertz CT molecular complexity index is 842. The summed E-state index contributed by atoms with van der Waals surface area (Å²) < 4.78 is 18.1. The number of hydrogen-bond donors (Lipinski definition) is 1. The van der Waals surface area contributed by atoms with Crippen molar-refractivity contribution >= 4 is 18.0 Å². The number of benzene rings is 2. The zero-order valence-corrected chi connectivity index (χ0v) is 15.6. The van der Waals surface area contributed by atoms with Gasteiger partial charge in [0.15, 0.2) is 0 Å².